The second kappa shape index (κ2) is 5.22. The topological polar surface area (TPSA) is 58.9 Å². The van der Waals surface area contributed by atoms with Gasteiger partial charge in [0.25, 0.3) is 0 Å². The van der Waals surface area contributed by atoms with Gasteiger partial charge in [-0.2, -0.15) is 0 Å². The highest BCUT2D eigenvalue weighted by Crippen LogP contribution is 2.24. The molecule has 0 aliphatic carbocycles. The van der Waals surface area contributed by atoms with Crippen molar-refractivity contribution < 1.29 is 9.21 Å². The minimum atomic E-state index is 0.322. The second-order valence-electron chi connectivity index (χ2n) is 4.19. The van der Waals surface area contributed by atoms with Gasteiger partial charge in [0.05, 0.1) is 0 Å². The minimum absolute atomic E-state index is 0.322. The predicted octanol–water partition coefficient (Wildman–Crippen LogP) is 3.88. The lowest BCUT2D eigenvalue weighted by atomic mass is 10.1. The van der Waals surface area contributed by atoms with Gasteiger partial charge in [-0.3, -0.25) is 4.79 Å². The van der Waals surface area contributed by atoms with Gasteiger partial charge in [0.2, 0.25) is 0 Å². The van der Waals surface area contributed by atoms with Crippen molar-refractivity contribution in [2.45, 2.75) is 0 Å². The zero-order chi connectivity index (χ0) is 13.9. The summed E-state index contributed by atoms with van der Waals surface area (Å²) in [6.45, 7) is 0. The van der Waals surface area contributed by atoms with Crippen LogP contribution in [0.1, 0.15) is 10.6 Å². The average Bonchev–Trinajstić information content (AvgIpc) is 2.96. The molecule has 2 aromatic heterocycles. The van der Waals surface area contributed by atoms with E-state index in [0.717, 1.165) is 16.8 Å². The molecular weight excluding hydrogens is 272 g/mol. The van der Waals surface area contributed by atoms with E-state index in [1.165, 1.54) is 0 Å². The number of H-pyrrole nitrogens is 1. The maximum atomic E-state index is 10.6. The van der Waals surface area contributed by atoms with E-state index in [9.17, 15) is 4.79 Å². The number of aromatic nitrogens is 2. The van der Waals surface area contributed by atoms with Crippen LogP contribution in [0.4, 0.5) is 0 Å². The number of aromatic amines is 1. The van der Waals surface area contributed by atoms with Crippen LogP contribution in [-0.2, 0) is 0 Å². The fraction of sp³-hybridized carbons (Fsp3) is 0. The Balaban J connectivity index is 1.95. The Morgan fingerprint density at radius 2 is 1.80 bits per heavy atom. The molecule has 5 heteroatoms. The Hall–Kier alpha value is -2.53. The number of rotatable bonds is 3. The van der Waals surface area contributed by atoms with Crippen molar-refractivity contribution >= 4 is 18.5 Å². The van der Waals surface area contributed by atoms with Crippen molar-refractivity contribution in [1.82, 2.24) is 9.97 Å². The van der Waals surface area contributed by atoms with Crippen molar-refractivity contribution in [1.29, 1.82) is 0 Å². The first kappa shape index (κ1) is 12.5. The molecule has 0 aliphatic rings. The van der Waals surface area contributed by atoms with Gasteiger partial charge in [0.15, 0.2) is 16.8 Å². The summed E-state index contributed by atoms with van der Waals surface area (Å²) in [6, 6.07) is 13.1. The normalized spacial score (nSPS) is 10.4. The quantitative estimate of drug-likeness (QED) is 0.585. The summed E-state index contributed by atoms with van der Waals surface area (Å²) in [7, 11) is 0. The van der Waals surface area contributed by atoms with Crippen molar-refractivity contribution in [3.05, 3.63) is 59.2 Å². The number of furan rings is 1. The monoisotopic (exact) mass is 282 g/mol. The summed E-state index contributed by atoms with van der Waals surface area (Å²) in [5.74, 6) is 0.989. The Kier molecular flexibility index (Phi) is 3.26. The number of nitrogens with zero attached hydrogens (tertiary/aromatic N) is 1. The lowest BCUT2D eigenvalue weighted by molar-refractivity contribution is 0.110. The molecule has 0 aliphatic heterocycles. The van der Waals surface area contributed by atoms with E-state index >= 15 is 0 Å². The number of hydrogen-bond acceptors (Lipinski definition) is 4. The van der Waals surface area contributed by atoms with Gasteiger partial charge in [-0.25, -0.2) is 4.98 Å². The van der Waals surface area contributed by atoms with Crippen LogP contribution in [0.5, 0.6) is 0 Å². The van der Waals surface area contributed by atoms with Crippen LogP contribution in [0.2, 0.25) is 0 Å². The summed E-state index contributed by atoms with van der Waals surface area (Å²) in [5, 5.41) is 0. The molecule has 4 nitrogen and oxygen atoms in total. The number of nitrogens with one attached hydrogen (secondary N) is 1. The summed E-state index contributed by atoms with van der Waals surface area (Å²) >= 11 is 5.00. The van der Waals surface area contributed by atoms with E-state index in [1.807, 2.05) is 30.3 Å². The molecule has 3 aromatic rings. The van der Waals surface area contributed by atoms with Crippen molar-refractivity contribution in [3.8, 4) is 22.6 Å². The molecule has 3 rings (SSSR count). The standard InChI is InChI=1S/C15H10N2O2S/c18-9-12-5-6-14(19-12)11-3-1-10(2-4-11)13-7-8-16-15(20)17-13/h1-9H,(H,16,17,20). The molecule has 0 radical (unpaired) electrons. The average molecular weight is 282 g/mol. The molecule has 0 amide bonds. The van der Waals surface area contributed by atoms with Gasteiger partial charge in [0.1, 0.15) is 5.76 Å². The fourth-order valence-electron chi connectivity index (χ4n) is 1.92. The summed E-state index contributed by atoms with van der Waals surface area (Å²) in [6.07, 6.45) is 2.36. The molecular formula is C15H10N2O2S. The molecule has 2 heterocycles. The highest BCUT2D eigenvalue weighted by Gasteiger charge is 2.05. The summed E-state index contributed by atoms with van der Waals surface area (Å²) < 4.78 is 5.83. The van der Waals surface area contributed by atoms with Crippen LogP contribution in [-0.4, -0.2) is 16.3 Å². The molecule has 0 atom stereocenters. The third-order valence-corrected chi connectivity index (χ3v) is 3.11. The van der Waals surface area contributed by atoms with Gasteiger partial charge in [-0.05, 0) is 36.0 Å². The van der Waals surface area contributed by atoms with Crippen LogP contribution in [0, 0.1) is 4.77 Å². The van der Waals surface area contributed by atoms with Crippen LogP contribution in [0.15, 0.2) is 53.1 Å². The van der Waals surface area contributed by atoms with Crippen LogP contribution in [0.25, 0.3) is 22.6 Å². The maximum absolute atomic E-state index is 10.6. The summed E-state index contributed by atoms with van der Waals surface area (Å²) in [5.41, 5.74) is 2.82. The smallest absolute Gasteiger partial charge is 0.197 e. The van der Waals surface area contributed by atoms with Crippen molar-refractivity contribution in [2.24, 2.45) is 0 Å². The molecule has 0 bridgehead atoms. The van der Waals surface area contributed by atoms with E-state index in [1.54, 1.807) is 18.3 Å². The third-order valence-electron chi connectivity index (χ3n) is 2.90. The van der Waals surface area contributed by atoms with E-state index in [2.05, 4.69) is 9.97 Å². The first-order valence-corrected chi connectivity index (χ1v) is 6.38. The van der Waals surface area contributed by atoms with Gasteiger partial charge in [-0.1, -0.05) is 24.3 Å². The Morgan fingerprint density at radius 1 is 1.05 bits per heavy atom. The molecule has 1 aromatic carbocycles. The molecule has 98 valence electrons. The van der Waals surface area contributed by atoms with E-state index in [0.29, 0.717) is 22.6 Å². The first-order chi connectivity index (χ1) is 9.76. The molecule has 20 heavy (non-hydrogen) atoms. The highest BCUT2D eigenvalue weighted by atomic mass is 32.1. The first-order valence-electron chi connectivity index (χ1n) is 5.97. The second-order valence-corrected chi connectivity index (χ2v) is 4.57. The van der Waals surface area contributed by atoms with E-state index < -0.39 is 0 Å². The zero-order valence-corrected chi connectivity index (χ0v) is 11.2. The number of carbonyl (C=O) groups is 1. The maximum Gasteiger partial charge on any atom is 0.197 e. The fourth-order valence-corrected chi connectivity index (χ4v) is 2.09. The zero-order valence-electron chi connectivity index (χ0n) is 10.4. The molecule has 0 spiro atoms. The third kappa shape index (κ3) is 2.44. The molecule has 0 saturated heterocycles. The van der Waals surface area contributed by atoms with Gasteiger partial charge >= 0.3 is 0 Å². The van der Waals surface area contributed by atoms with Crippen LogP contribution < -0.4 is 0 Å². The lowest BCUT2D eigenvalue weighted by Gasteiger charge is -2.02. The SMILES string of the molecule is O=Cc1ccc(-c2ccc(-c3ccnc(=S)[nH]3)cc2)o1. The van der Waals surface area contributed by atoms with E-state index in [-0.39, 0.29) is 0 Å². The van der Waals surface area contributed by atoms with Crippen molar-refractivity contribution in [3.63, 3.8) is 0 Å². The van der Waals surface area contributed by atoms with Gasteiger partial charge < -0.3 is 9.40 Å². The minimum Gasteiger partial charge on any atom is -0.453 e. The Bertz CT molecular complexity index is 803. The summed E-state index contributed by atoms with van der Waals surface area (Å²) in [4.78, 5) is 17.6. The van der Waals surface area contributed by atoms with Crippen LogP contribution in [0.3, 0.4) is 0 Å². The Labute approximate surface area is 120 Å². The molecule has 0 saturated carbocycles. The van der Waals surface area contributed by atoms with Gasteiger partial charge in [0, 0.05) is 17.5 Å². The number of aldehydes is 1. The van der Waals surface area contributed by atoms with E-state index in [4.69, 9.17) is 16.6 Å². The van der Waals surface area contributed by atoms with Crippen molar-refractivity contribution in [2.75, 3.05) is 0 Å². The highest BCUT2D eigenvalue weighted by molar-refractivity contribution is 7.71. The number of benzene rings is 1. The molecule has 0 fully saturated rings. The Morgan fingerprint density at radius 3 is 2.45 bits per heavy atom. The molecule has 0 unspecified atom stereocenters. The number of carbonyl (C=O) groups excluding carboxylic acids is 1. The lowest BCUT2D eigenvalue weighted by Crippen LogP contribution is -1.86. The molecule has 1 N–H and O–H groups in total. The predicted molar refractivity (Wildman–Crippen MR) is 77.9 cm³/mol. The number of hydrogen-bond donors (Lipinski definition) is 1. The van der Waals surface area contributed by atoms with Crippen LogP contribution >= 0.6 is 12.2 Å². The van der Waals surface area contributed by atoms with Gasteiger partial charge in [-0.15, -0.1) is 0 Å². The largest absolute Gasteiger partial charge is 0.453 e.